The molecular weight excluding hydrogens is 226 g/mol. The highest BCUT2D eigenvalue weighted by atomic mass is 16.5. The lowest BCUT2D eigenvalue weighted by atomic mass is 9.70. The van der Waals surface area contributed by atoms with Gasteiger partial charge in [0.05, 0.1) is 5.54 Å². The Bertz CT molecular complexity index is 421. The van der Waals surface area contributed by atoms with Crippen LogP contribution in [0.5, 0.6) is 0 Å². The Morgan fingerprint density at radius 3 is 2.50 bits per heavy atom. The smallest absolute Gasteiger partial charge is 0.232 e. The van der Waals surface area contributed by atoms with Gasteiger partial charge in [-0.05, 0) is 31.1 Å². The van der Waals surface area contributed by atoms with E-state index in [0.29, 0.717) is 17.6 Å². The predicted molar refractivity (Wildman–Crippen MR) is 71.0 cm³/mol. The third-order valence-corrected chi connectivity index (χ3v) is 4.17. The van der Waals surface area contributed by atoms with Gasteiger partial charge in [-0.15, -0.1) is 0 Å². The molecule has 1 heterocycles. The van der Waals surface area contributed by atoms with Crippen molar-refractivity contribution in [2.75, 3.05) is 0 Å². The van der Waals surface area contributed by atoms with E-state index in [4.69, 9.17) is 10.3 Å². The van der Waals surface area contributed by atoms with Crippen LogP contribution in [0.15, 0.2) is 4.52 Å². The van der Waals surface area contributed by atoms with Gasteiger partial charge in [-0.25, -0.2) is 0 Å². The average molecular weight is 251 g/mol. The second kappa shape index (κ2) is 4.34. The molecule has 0 saturated heterocycles. The van der Waals surface area contributed by atoms with E-state index < -0.39 is 5.54 Å². The van der Waals surface area contributed by atoms with Crippen molar-refractivity contribution in [2.24, 2.45) is 17.6 Å². The molecule has 3 unspecified atom stereocenters. The highest BCUT2D eigenvalue weighted by Gasteiger charge is 2.42. The minimum Gasteiger partial charge on any atom is -0.339 e. The summed E-state index contributed by atoms with van der Waals surface area (Å²) in [4.78, 5) is 4.55. The Morgan fingerprint density at radius 1 is 1.33 bits per heavy atom. The molecule has 3 atom stereocenters. The van der Waals surface area contributed by atoms with Crippen LogP contribution in [-0.4, -0.2) is 10.1 Å². The summed E-state index contributed by atoms with van der Waals surface area (Å²) in [7, 11) is 0. The molecule has 2 N–H and O–H groups in total. The molecule has 4 heteroatoms. The Morgan fingerprint density at radius 2 is 2.00 bits per heavy atom. The van der Waals surface area contributed by atoms with Crippen LogP contribution < -0.4 is 5.73 Å². The number of hydrogen-bond acceptors (Lipinski definition) is 4. The van der Waals surface area contributed by atoms with Crippen molar-refractivity contribution in [3.8, 4) is 0 Å². The maximum absolute atomic E-state index is 6.56. The molecule has 2 rings (SSSR count). The van der Waals surface area contributed by atoms with Gasteiger partial charge in [0, 0.05) is 5.41 Å². The summed E-state index contributed by atoms with van der Waals surface area (Å²) in [6.07, 6.45) is 3.22. The molecule has 0 aromatic carbocycles. The van der Waals surface area contributed by atoms with Crippen molar-refractivity contribution >= 4 is 0 Å². The van der Waals surface area contributed by atoms with Crippen molar-refractivity contribution in [3.05, 3.63) is 11.7 Å². The van der Waals surface area contributed by atoms with Gasteiger partial charge in [-0.1, -0.05) is 39.8 Å². The molecule has 1 aromatic rings. The molecule has 1 fully saturated rings. The average Bonchev–Trinajstić information content (AvgIpc) is 2.73. The Labute approximate surface area is 109 Å². The number of nitrogens with two attached hydrogens (primary N) is 1. The Kier molecular flexibility index (Phi) is 3.26. The van der Waals surface area contributed by atoms with Gasteiger partial charge in [-0.2, -0.15) is 4.98 Å². The molecule has 1 aromatic heterocycles. The first kappa shape index (κ1) is 13.5. The third kappa shape index (κ3) is 2.30. The highest BCUT2D eigenvalue weighted by molar-refractivity contribution is 5.10. The summed E-state index contributed by atoms with van der Waals surface area (Å²) in [5.74, 6) is 2.50. The molecule has 1 aliphatic carbocycles. The maximum atomic E-state index is 6.56. The van der Waals surface area contributed by atoms with E-state index in [1.54, 1.807) is 0 Å². The topological polar surface area (TPSA) is 64.9 Å². The second-order valence-electron chi connectivity index (χ2n) is 6.99. The lowest BCUT2D eigenvalue weighted by Gasteiger charge is -2.39. The van der Waals surface area contributed by atoms with E-state index in [2.05, 4.69) is 44.8 Å². The normalized spacial score (nSPS) is 33.7. The van der Waals surface area contributed by atoms with Gasteiger partial charge in [0.1, 0.15) is 0 Å². The summed E-state index contributed by atoms with van der Waals surface area (Å²) >= 11 is 0. The van der Waals surface area contributed by atoms with Crippen molar-refractivity contribution in [1.82, 2.24) is 10.1 Å². The van der Waals surface area contributed by atoms with E-state index in [9.17, 15) is 0 Å². The monoisotopic (exact) mass is 251 g/mol. The van der Waals surface area contributed by atoms with E-state index in [0.717, 1.165) is 25.2 Å². The number of rotatable bonds is 1. The van der Waals surface area contributed by atoms with Crippen LogP contribution in [0.25, 0.3) is 0 Å². The summed E-state index contributed by atoms with van der Waals surface area (Å²) in [6.45, 7) is 10.7. The van der Waals surface area contributed by atoms with Gasteiger partial charge < -0.3 is 10.3 Å². The van der Waals surface area contributed by atoms with Crippen LogP contribution in [0.3, 0.4) is 0 Å². The standard InChI is InChI=1S/C14H25N3O/c1-9-6-7-14(15,10(2)8-9)11-16-12(18-17-11)13(3,4)5/h9-10H,6-8,15H2,1-5H3. The SMILES string of the molecule is CC1CCC(N)(c2noc(C(C)(C)C)n2)C(C)C1. The molecule has 4 nitrogen and oxygen atoms in total. The van der Waals surface area contributed by atoms with Gasteiger partial charge in [0.25, 0.3) is 0 Å². The van der Waals surface area contributed by atoms with Crippen molar-refractivity contribution in [3.63, 3.8) is 0 Å². The molecule has 0 aliphatic heterocycles. The minimum absolute atomic E-state index is 0.118. The number of hydrogen-bond donors (Lipinski definition) is 1. The quantitative estimate of drug-likeness (QED) is 0.833. The van der Waals surface area contributed by atoms with Crippen molar-refractivity contribution in [1.29, 1.82) is 0 Å². The number of nitrogens with zero attached hydrogens (tertiary/aromatic N) is 2. The zero-order chi connectivity index (χ0) is 13.6. The van der Waals surface area contributed by atoms with Crippen LogP contribution >= 0.6 is 0 Å². The van der Waals surface area contributed by atoms with E-state index in [1.165, 1.54) is 0 Å². The first-order valence-electron chi connectivity index (χ1n) is 6.87. The molecule has 1 aliphatic rings. The van der Waals surface area contributed by atoms with Crippen LogP contribution in [0.2, 0.25) is 0 Å². The second-order valence-corrected chi connectivity index (χ2v) is 6.99. The van der Waals surface area contributed by atoms with E-state index in [-0.39, 0.29) is 5.41 Å². The lowest BCUT2D eigenvalue weighted by molar-refractivity contribution is 0.151. The molecular formula is C14H25N3O. The Balaban J connectivity index is 2.28. The van der Waals surface area contributed by atoms with Crippen LogP contribution in [-0.2, 0) is 11.0 Å². The van der Waals surface area contributed by atoms with Gasteiger partial charge in [0.15, 0.2) is 5.82 Å². The van der Waals surface area contributed by atoms with E-state index >= 15 is 0 Å². The Hall–Kier alpha value is -0.900. The molecule has 102 valence electrons. The van der Waals surface area contributed by atoms with Crippen molar-refractivity contribution < 1.29 is 4.52 Å². The van der Waals surface area contributed by atoms with Crippen LogP contribution in [0.4, 0.5) is 0 Å². The van der Waals surface area contributed by atoms with Crippen LogP contribution in [0.1, 0.15) is 65.6 Å². The summed E-state index contributed by atoms with van der Waals surface area (Å²) in [6, 6.07) is 0. The van der Waals surface area contributed by atoms with Gasteiger partial charge >= 0.3 is 0 Å². The van der Waals surface area contributed by atoms with Crippen molar-refractivity contribution in [2.45, 2.75) is 64.8 Å². The molecule has 0 spiro atoms. The fourth-order valence-electron chi connectivity index (χ4n) is 2.71. The van der Waals surface area contributed by atoms with E-state index in [1.807, 2.05) is 0 Å². The summed E-state index contributed by atoms with van der Waals surface area (Å²) in [5.41, 5.74) is 6.02. The zero-order valence-electron chi connectivity index (χ0n) is 12.2. The maximum Gasteiger partial charge on any atom is 0.232 e. The highest BCUT2D eigenvalue weighted by Crippen LogP contribution is 2.41. The van der Waals surface area contributed by atoms with Crippen LogP contribution in [0, 0.1) is 11.8 Å². The molecule has 18 heavy (non-hydrogen) atoms. The zero-order valence-corrected chi connectivity index (χ0v) is 12.2. The number of aromatic nitrogens is 2. The predicted octanol–water partition coefficient (Wildman–Crippen LogP) is 2.98. The first-order valence-corrected chi connectivity index (χ1v) is 6.87. The van der Waals surface area contributed by atoms with Gasteiger partial charge in [0.2, 0.25) is 5.89 Å². The van der Waals surface area contributed by atoms with Gasteiger partial charge in [-0.3, -0.25) is 0 Å². The minimum atomic E-state index is -0.417. The third-order valence-electron chi connectivity index (χ3n) is 4.17. The molecule has 0 radical (unpaired) electrons. The lowest BCUT2D eigenvalue weighted by Crippen LogP contribution is -2.47. The largest absolute Gasteiger partial charge is 0.339 e. The summed E-state index contributed by atoms with van der Waals surface area (Å²) < 4.78 is 5.38. The first-order chi connectivity index (χ1) is 8.23. The summed E-state index contributed by atoms with van der Waals surface area (Å²) in [5, 5.41) is 4.14. The molecule has 1 saturated carbocycles. The fourth-order valence-corrected chi connectivity index (χ4v) is 2.71. The molecule has 0 amide bonds. The fraction of sp³-hybridized carbons (Fsp3) is 0.857. The molecule has 0 bridgehead atoms.